The van der Waals surface area contributed by atoms with Gasteiger partial charge in [0.25, 0.3) is 0 Å². The molecule has 0 atom stereocenters. The van der Waals surface area contributed by atoms with Crippen molar-refractivity contribution in [2.75, 3.05) is 5.33 Å². The summed E-state index contributed by atoms with van der Waals surface area (Å²) in [7, 11) is 0. The molecule has 0 bridgehead atoms. The maximum atomic E-state index is 11.6. The van der Waals surface area contributed by atoms with Gasteiger partial charge in [0.15, 0.2) is 5.78 Å². The van der Waals surface area contributed by atoms with Gasteiger partial charge in [-0.1, -0.05) is 28.1 Å². The van der Waals surface area contributed by atoms with E-state index in [-0.39, 0.29) is 5.78 Å². The van der Waals surface area contributed by atoms with Gasteiger partial charge in [-0.2, -0.15) is 0 Å². The Hall–Kier alpha value is -1.09. The van der Waals surface area contributed by atoms with E-state index in [2.05, 4.69) is 15.9 Å². The van der Waals surface area contributed by atoms with Crippen molar-refractivity contribution in [2.24, 2.45) is 0 Å². The molecule has 1 aliphatic rings. The van der Waals surface area contributed by atoms with Crippen LogP contribution >= 0.6 is 15.9 Å². The maximum Gasteiger partial charge on any atom is 0.173 e. The normalized spacial score (nSPS) is 14.9. The zero-order chi connectivity index (χ0) is 11.8. The van der Waals surface area contributed by atoms with E-state index in [9.17, 15) is 4.79 Å². The van der Waals surface area contributed by atoms with Crippen molar-refractivity contribution in [3.8, 4) is 0 Å². The summed E-state index contributed by atoms with van der Waals surface area (Å²) in [6, 6.07) is 5.80. The van der Waals surface area contributed by atoms with E-state index in [1.165, 1.54) is 23.8 Å². The number of aryl methyl sites for hydroxylation is 2. The predicted octanol–water partition coefficient (Wildman–Crippen LogP) is 3.89. The molecule has 0 saturated carbocycles. The minimum atomic E-state index is 0.0984. The highest BCUT2D eigenvalue weighted by molar-refractivity contribution is 9.09. The first-order valence-electron chi connectivity index (χ1n) is 5.93. The number of rotatable bonds is 2. The molecule has 3 heteroatoms. The molecule has 1 aromatic heterocycles. The van der Waals surface area contributed by atoms with E-state index >= 15 is 0 Å². The fourth-order valence-corrected chi connectivity index (χ4v) is 2.84. The Morgan fingerprint density at radius 2 is 2.12 bits per heavy atom. The van der Waals surface area contributed by atoms with Gasteiger partial charge in [0.1, 0.15) is 11.3 Å². The molecule has 0 radical (unpaired) electrons. The van der Waals surface area contributed by atoms with Crippen molar-refractivity contribution in [3.63, 3.8) is 0 Å². The van der Waals surface area contributed by atoms with Crippen LogP contribution in [0.4, 0.5) is 0 Å². The van der Waals surface area contributed by atoms with Crippen LogP contribution in [0.2, 0.25) is 0 Å². The lowest BCUT2D eigenvalue weighted by atomic mass is 9.95. The zero-order valence-electron chi connectivity index (χ0n) is 9.46. The van der Waals surface area contributed by atoms with Crippen molar-refractivity contribution in [2.45, 2.75) is 25.7 Å². The van der Waals surface area contributed by atoms with E-state index in [4.69, 9.17) is 4.42 Å². The molecule has 3 rings (SSSR count). The molecule has 0 amide bonds. The second kappa shape index (κ2) is 4.30. The third-order valence-corrected chi connectivity index (χ3v) is 3.91. The van der Waals surface area contributed by atoms with Crippen LogP contribution < -0.4 is 0 Å². The van der Waals surface area contributed by atoms with Crippen molar-refractivity contribution >= 4 is 32.7 Å². The smallest absolute Gasteiger partial charge is 0.173 e. The molecule has 0 N–H and O–H groups in total. The molecule has 0 spiro atoms. The molecule has 2 nitrogen and oxygen atoms in total. The summed E-state index contributed by atoms with van der Waals surface area (Å²) >= 11 is 3.19. The van der Waals surface area contributed by atoms with Crippen LogP contribution in [0, 0.1) is 0 Å². The van der Waals surface area contributed by atoms with Crippen molar-refractivity contribution < 1.29 is 9.21 Å². The number of ketones is 1. The molecule has 0 saturated heterocycles. The monoisotopic (exact) mass is 292 g/mol. The Bertz CT molecular complexity index is 583. The first-order chi connectivity index (χ1) is 8.29. The standard InChI is InChI=1S/C14H13BrO2/c15-8-12(16)9-5-6-11-10-3-1-2-4-13(10)17-14(11)7-9/h5-7H,1-4,8H2. The molecule has 1 heterocycles. The molecular weight excluding hydrogens is 280 g/mol. The van der Waals surface area contributed by atoms with E-state index in [0.29, 0.717) is 5.33 Å². The van der Waals surface area contributed by atoms with Gasteiger partial charge in [-0.05, 0) is 25.3 Å². The van der Waals surface area contributed by atoms with Gasteiger partial charge in [-0.25, -0.2) is 0 Å². The number of benzene rings is 1. The summed E-state index contributed by atoms with van der Waals surface area (Å²) in [5, 5.41) is 1.55. The Balaban J connectivity index is 2.14. The number of halogens is 1. The Morgan fingerprint density at radius 3 is 2.94 bits per heavy atom. The highest BCUT2D eigenvalue weighted by atomic mass is 79.9. The minimum absolute atomic E-state index is 0.0984. The Kier molecular flexibility index (Phi) is 2.79. The molecule has 88 valence electrons. The number of hydrogen-bond acceptors (Lipinski definition) is 2. The molecule has 0 fully saturated rings. The van der Waals surface area contributed by atoms with Gasteiger partial charge in [0.2, 0.25) is 0 Å². The second-order valence-corrected chi connectivity index (χ2v) is 5.04. The molecular formula is C14H13BrO2. The highest BCUT2D eigenvalue weighted by Crippen LogP contribution is 2.32. The minimum Gasteiger partial charge on any atom is -0.461 e. The number of carbonyl (C=O) groups excluding carboxylic acids is 1. The topological polar surface area (TPSA) is 30.2 Å². The van der Waals surface area contributed by atoms with Gasteiger partial charge in [-0.15, -0.1) is 0 Å². The number of furan rings is 1. The third kappa shape index (κ3) is 1.82. The lowest BCUT2D eigenvalue weighted by Gasteiger charge is -2.08. The number of alkyl halides is 1. The summed E-state index contributed by atoms with van der Waals surface area (Å²) in [5.41, 5.74) is 2.94. The number of fused-ring (bicyclic) bond motifs is 3. The molecule has 2 aromatic rings. The molecule has 17 heavy (non-hydrogen) atoms. The lowest BCUT2D eigenvalue weighted by Crippen LogP contribution is -1.99. The predicted molar refractivity (Wildman–Crippen MR) is 71.0 cm³/mol. The summed E-state index contributed by atoms with van der Waals surface area (Å²) in [6.45, 7) is 0. The maximum absolute atomic E-state index is 11.6. The van der Waals surface area contributed by atoms with E-state index in [0.717, 1.165) is 29.7 Å². The van der Waals surface area contributed by atoms with E-state index in [1.807, 2.05) is 18.2 Å². The van der Waals surface area contributed by atoms with Gasteiger partial charge in [0.05, 0.1) is 5.33 Å². The second-order valence-electron chi connectivity index (χ2n) is 4.48. The summed E-state index contributed by atoms with van der Waals surface area (Å²) in [4.78, 5) is 11.6. The average Bonchev–Trinajstić information content (AvgIpc) is 2.75. The fraction of sp³-hybridized carbons (Fsp3) is 0.357. The molecule has 0 unspecified atom stereocenters. The third-order valence-electron chi connectivity index (χ3n) is 3.40. The SMILES string of the molecule is O=C(CBr)c1ccc2c3c(oc2c1)CCCC3. The van der Waals surface area contributed by atoms with Crippen LogP contribution in [0.1, 0.15) is 34.5 Å². The van der Waals surface area contributed by atoms with Gasteiger partial charge in [-0.3, -0.25) is 4.79 Å². The highest BCUT2D eigenvalue weighted by Gasteiger charge is 2.18. The van der Waals surface area contributed by atoms with Gasteiger partial charge in [0, 0.05) is 22.9 Å². The molecule has 1 aromatic carbocycles. The first kappa shape index (κ1) is 11.0. The lowest BCUT2D eigenvalue weighted by molar-refractivity contribution is 0.102. The van der Waals surface area contributed by atoms with Crippen molar-refractivity contribution in [3.05, 3.63) is 35.1 Å². The molecule has 1 aliphatic carbocycles. The van der Waals surface area contributed by atoms with Crippen LogP contribution in [0.5, 0.6) is 0 Å². The first-order valence-corrected chi connectivity index (χ1v) is 7.05. The Morgan fingerprint density at radius 1 is 1.29 bits per heavy atom. The number of Topliss-reactive ketones (excluding diaryl/α,β-unsaturated/α-hetero) is 1. The van der Waals surface area contributed by atoms with Gasteiger partial charge >= 0.3 is 0 Å². The number of carbonyl (C=O) groups is 1. The van der Waals surface area contributed by atoms with Crippen LogP contribution in [0.15, 0.2) is 22.6 Å². The summed E-state index contributed by atoms with van der Waals surface area (Å²) in [6.07, 6.45) is 4.59. The summed E-state index contributed by atoms with van der Waals surface area (Å²) in [5.74, 6) is 1.22. The Labute approximate surface area is 108 Å². The van der Waals surface area contributed by atoms with Crippen LogP contribution in [0.25, 0.3) is 11.0 Å². The van der Waals surface area contributed by atoms with Crippen molar-refractivity contribution in [1.29, 1.82) is 0 Å². The van der Waals surface area contributed by atoms with E-state index < -0.39 is 0 Å². The van der Waals surface area contributed by atoms with Crippen molar-refractivity contribution in [1.82, 2.24) is 0 Å². The summed E-state index contributed by atoms with van der Waals surface area (Å²) < 4.78 is 5.86. The van der Waals surface area contributed by atoms with E-state index in [1.54, 1.807) is 0 Å². The fourth-order valence-electron chi connectivity index (χ4n) is 2.51. The zero-order valence-corrected chi connectivity index (χ0v) is 11.0. The molecule has 0 aliphatic heterocycles. The number of hydrogen-bond donors (Lipinski definition) is 0. The quantitative estimate of drug-likeness (QED) is 0.621. The van der Waals surface area contributed by atoms with Crippen LogP contribution in [-0.4, -0.2) is 11.1 Å². The van der Waals surface area contributed by atoms with Gasteiger partial charge < -0.3 is 4.42 Å². The largest absolute Gasteiger partial charge is 0.461 e. The van der Waals surface area contributed by atoms with Crippen LogP contribution in [-0.2, 0) is 12.8 Å². The average molecular weight is 293 g/mol. The van der Waals surface area contributed by atoms with Crippen LogP contribution in [0.3, 0.4) is 0 Å².